The molecule has 0 bridgehead atoms. The minimum atomic E-state index is -0.736. The monoisotopic (exact) mass is 309 g/mol. The molecule has 110 valence electrons. The maximum absolute atomic E-state index is 11.9. The number of carbonyl (C=O) groups is 1. The Morgan fingerprint density at radius 1 is 1.52 bits per heavy atom. The fourth-order valence-corrected chi connectivity index (χ4v) is 1.97. The zero-order valence-electron chi connectivity index (χ0n) is 11.1. The summed E-state index contributed by atoms with van der Waals surface area (Å²) in [5, 5.41) is 23.5. The SMILES string of the molecule is COc1cc(/C=C2\NC(=S)N(C)C2=O)cc([N+](=O)[O-])c1O. The van der Waals surface area contributed by atoms with Gasteiger partial charge in [0.25, 0.3) is 5.91 Å². The molecule has 0 unspecified atom stereocenters. The van der Waals surface area contributed by atoms with E-state index < -0.39 is 16.4 Å². The Labute approximate surface area is 124 Å². The molecule has 1 aromatic carbocycles. The van der Waals surface area contributed by atoms with Gasteiger partial charge >= 0.3 is 5.69 Å². The summed E-state index contributed by atoms with van der Waals surface area (Å²) >= 11 is 4.93. The third-order valence-electron chi connectivity index (χ3n) is 2.89. The highest BCUT2D eigenvalue weighted by Crippen LogP contribution is 2.37. The lowest BCUT2D eigenvalue weighted by atomic mass is 10.1. The van der Waals surface area contributed by atoms with Gasteiger partial charge in [0, 0.05) is 13.1 Å². The average molecular weight is 309 g/mol. The molecule has 1 heterocycles. The first kappa shape index (κ1) is 14.7. The number of phenols is 1. The van der Waals surface area contributed by atoms with E-state index in [4.69, 9.17) is 17.0 Å². The molecule has 1 aliphatic heterocycles. The summed E-state index contributed by atoms with van der Waals surface area (Å²) in [6.07, 6.45) is 1.40. The van der Waals surface area contributed by atoms with E-state index in [1.54, 1.807) is 0 Å². The molecule has 1 fully saturated rings. The summed E-state index contributed by atoms with van der Waals surface area (Å²) in [7, 11) is 2.79. The molecule has 0 radical (unpaired) electrons. The number of carbonyl (C=O) groups excluding carboxylic acids is 1. The number of aromatic hydroxyl groups is 1. The Hall–Kier alpha value is -2.68. The molecule has 9 heteroatoms. The van der Waals surface area contributed by atoms with Crippen LogP contribution in [0.5, 0.6) is 11.5 Å². The highest BCUT2D eigenvalue weighted by molar-refractivity contribution is 7.80. The number of nitrogens with zero attached hydrogens (tertiary/aromatic N) is 2. The van der Waals surface area contributed by atoms with Crippen LogP contribution in [-0.2, 0) is 4.79 Å². The number of nitro groups is 1. The quantitative estimate of drug-likeness (QED) is 0.371. The van der Waals surface area contributed by atoms with Crippen LogP contribution in [0.25, 0.3) is 6.08 Å². The van der Waals surface area contributed by atoms with Crippen molar-refractivity contribution < 1.29 is 19.6 Å². The summed E-state index contributed by atoms with van der Waals surface area (Å²) in [6.45, 7) is 0. The first-order chi connectivity index (χ1) is 9.85. The van der Waals surface area contributed by atoms with E-state index in [2.05, 4.69) is 5.32 Å². The van der Waals surface area contributed by atoms with Gasteiger partial charge in [-0.15, -0.1) is 0 Å². The van der Waals surface area contributed by atoms with Crippen molar-refractivity contribution in [2.24, 2.45) is 0 Å². The average Bonchev–Trinajstić information content (AvgIpc) is 2.67. The Balaban J connectivity index is 2.51. The second-order valence-electron chi connectivity index (χ2n) is 4.20. The van der Waals surface area contributed by atoms with Crippen molar-refractivity contribution in [1.82, 2.24) is 10.2 Å². The lowest BCUT2D eigenvalue weighted by Crippen LogP contribution is -2.25. The van der Waals surface area contributed by atoms with Crippen LogP contribution < -0.4 is 10.1 Å². The van der Waals surface area contributed by atoms with Crippen LogP contribution in [0, 0.1) is 10.1 Å². The molecular weight excluding hydrogens is 298 g/mol. The molecule has 2 N–H and O–H groups in total. The number of methoxy groups -OCH3 is 1. The third-order valence-corrected chi connectivity index (χ3v) is 3.26. The van der Waals surface area contributed by atoms with Gasteiger partial charge in [0.2, 0.25) is 5.75 Å². The smallest absolute Gasteiger partial charge is 0.315 e. The van der Waals surface area contributed by atoms with Gasteiger partial charge in [0.15, 0.2) is 10.9 Å². The number of amides is 1. The number of nitro benzene ring substituents is 1. The van der Waals surface area contributed by atoms with Gasteiger partial charge in [0.05, 0.1) is 12.0 Å². The lowest BCUT2D eigenvalue weighted by Gasteiger charge is -2.06. The van der Waals surface area contributed by atoms with Crippen molar-refractivity contribution in [2.75, 3.05) is 14.2 Å². The molecule has 2 rings (SSSR count). The van der Waals surface area contributed by atoms with Crippen molar-refractivity contribution in [3.8, 4) is 11.5 Å². The molecular formula is C12H11N3O5S. The van der Waals surface area contributed by atoms with Crippen LogP contribution >= 0.6 is 12.2 Å². The largest absolute Gasteiger partial charge is 0.500 e. The van der Waals surface area contributed by atoms with Crippen LogP contribution in [-0.4, -0.2) is 40.1 Å². The first-order valence-corrected chi connectivity index (χ1v) is 6.12. The normalized spacial score (nSPS) is 16.3. The topological polar surface area (TPSA) is 105 Å². The summed E-state index contributed by atoms with van der Waals surface area (Å²) in [4.78, 5) is 23.3. The number of thiocarbonyl (C=S) groups is 1. The van der Waals surface area contributed by atoms with Crippen LogP contribution in [0.4, 0.5) is 5.69 Å². The first-order valence-electron chi connectivity index (χ1n) is 5.71. The van der Waals surface area contributed by atoms with E-state index in [0.717, 1.165) is 6.07 Å². The Morgan fingerprint density at radius 2 is 2.19 bits per heavy atom. The van der Waals surface area contributed by atoms with E-state index >= 15 is 0 Å². The standard InChI is InChI=1S/C12H11N3O5S/c1-14-11(17)7(13-12(14)21)3-6-4-8(15(18)19)10(16)9(5-6)20-2/h3-5,16H,1-2H3,(H,13,21)/b7-3-. The van der Waals surface area contributed by atoms with Gasteiger partial charge in [-0.25, -0.2) is 0 Å². The molecule has 1 aromatic rings. The number of ether oxygens (including phenoxy) is 1. The minimum absolute atomic E-state index is 0.0579. The molecule has 0 spiro atoms. The minimum Gasteiger partial charge on any atom is -0.500 e. The zero-order chi connectivity index (χ0) is 15.7. The van der Waals surface area contributed by atoms with Crippen LogP contribution in [0.3, 0.4) is 0 Å². The number of hydrogen-bond acceptors (Lipinski definition) is 6. The molecule has 0 aromatic heterocycles. The van der Waals surface area contributed by atoms with Gasteiger partial charge in [-0.1, -0.05) is 0 Å². The summed E-state index contributed by atoms with van der Waals surface area (Å²) in [5.41, 5.74) is -0.00239. The second-order valence-corrected chi connectivity index (χ2v) is 4.59. The Morgan fingerprint density at radius 3 is 2.67 bits per heavy atom. The van der Waals surface area contributed by atoms with Crippen LogP contribution in [0.1, 0.15) is 5.56 Å². The highest BCUT2D eigenvalue weighted by atomic mass is 32.1. The van der Waals surface area contributed by atoms with E-state index in [-0.39, 0.29) is 22.5 Å². The fourth-order valence-electron chi connectivity index (χ4n) is 1.78. The molecule has 1 saturated heterocycles. The van der Waals surface area contributed by atoms with Crippen LogP contribution in [0.15, 0.2) is 17.8 Å². The molecule has 1 aliphatic rings. The van der Waals surface area contributed by atoms with E-state index in [9.17, 15) is 20.0 Å². The van der Waals surface area contributed by atoms with Crippen LogP contribution in [0.2, 0.25) is 0 Å². The summed E-state index contributed by atoms with van der Waals surface area (Å²) in [6, 6.07) is 2.52. The van der Waals surface area contributed by atoms with Gasteiger partial charge in [0.1, 0.15) is 5.70 Å². The van der Waals surface area contributed by atoms with Crippen molar-refractivity contribution in [1.29, 1.82) is 0 Å². The van der Waals surface area contributed by atoms with Gasteiger partial charge < -0.3 is 15.2 Å². The van der Waals surface area contributed by atoms with Crippen molar-refractivity contribution in [2.45, 2.75) is 0 Å². The van der Waals surface area contributed by atoms with E-state index in [1.165, 1.54) is 31.2 Å². The number of rotatable bonds is 3. The number of nitrogens with one attached hydrogen (secondary N) is 1. The van der Waals surface area contributed by atoms with Gasteiger partial charge in [-0.2, -0.15) is 0 Å². The number of phenolic OH excluding ortho intramolecular Hbond substituents is 1. The zero-order valence-corrected chi connectivity index (χ0v) is 11.9. The second kappa shape index (κ2) is 5.37. The lowest BCUT2D eigenvalue weighted by molar-refractivity contribution is -0.386. The van der Waals surface area contributed by atoms with Gasteiger partial charge in [-0.05, 0) is 29.9 Å². The summed E-state index contributed by atoms with van der Waals surface area (Å²) in [5.74, 6) is -0.977. The number of hydrogen-bond donors (Lipinski definition) is 2. The molecule has 1 amide bonds. The predicted molar refractivity (Wildman–Crippen MR) is 77.8 cm³/mol. The molecule has 0 atom stereocenters. The number of likely N-dealkylation sites (N-methyl/N-ethyl adjacent to an activating group) is 1. The molecule has 8 nitrogen and oxygen atoms in total. The molecule has 0 saturated carbocycles. The Kier molecular flexibility index (Phi) is 3.76. The third kappa shape index (κ3) is 2.63. The van der Waals surface area contributed by atoms with Crippen molar-refractivity contribution >= 4 is 35.0 Å². The highest BCUT2D eigenvalue weighted by Gasteiger charge is 2.27. The van der Waals surface area contributed by atoms with Crippen molar-refractivity contribution in [3.63, 3.8) is 0 Å². The Bertz CT molecular complexity index is 686. The summed E-state index contributed by atoms with van der Waals surface area (Å²) < 4.78 is 4.88. The number of benzene rings is 1. The maximum Gasteiger partial charge on any atom is 0.315 e. The van der Waals surface area contributed by atoms with Crippen molar-refractivity contribution in [3.05, 3.63) is 33.5 Å². The van der Waals surface area contributed by atoms with E-state index in [0.29, 0.717) is 5.56 Å². The predicted octanol–water partition coefficient (Wildman–Crippen LogP) is 0.996. The maximum atomic E-state index is 11.9. The van der Waals surface area contributed by atoms with E-state index in [1.807, 2.05) is 0 Å². The fraction of sp³-hybridized carbons (Fsp3) is 0.167. The molecule has 0 aliphatic carbocycles. The molecule has 21 heavy (non-hydrogen) atoms. The van der Waals surface area contributed by atoms with Gasteiger partial charge in [-0.3, -0.25) is 19.8 Å².